The molecule has 0 bridgehead atoms. The fourth-order valence-corrected chi connectivity index (χ4v) is 4.00. The highest BCUT2D eigenvalue weighted by Gasteiger charge is 2.28. The second-order valence-electron chi connectivity index (χ2n) is 6.45. The number of amides is 2. The largest absolute Gasteiger partial charge is 0.337 e. The van der Waals surface area contributed by atoms with E-state index in [1.165, 1.54) is 11.3 Å². The van der Waals surface area contributed by atoms with Crippen LogP contribution in [0.4, 0.5) is 0 Å². The molecule has 1 atom stereocenters. The van der Waals surface area contributed by atoms with Gasteiger partial charge in [0.1, 0.15) is 6.04 Å². The van der Waals surface area contributed by atoms with Crippen molar-refractivity contribution in [3.05, 3.63) is 53.0 Å². The van der Waals surface area contributed by atoms with Gasteiger partial charge in [0.2, 0.25) is 5.91 Å². The van der Waals surface area contributed by atoms with Crippen molar-refractivity contribution in [1.82, 2.24) is 19.4 Å². The summed E-state index contributed by atoms with van der Waals surface area (Å²) in [6.07, 6.45) is 1.73. The molecule has 1 aliphatic rings. The van der Waals surface area contributed by atoms with Gasteiger partial charge >= 0.3 is 0 Å². The van der Waals surface area contributed by atoms with Crippen LogP contribution in [-0.4, -0.2) is 57.3 Å². The number of piperazine rings is 1. The monoisotopic (exact) mass is 368 g/mol. The van der Waals surface area contributed by atoms with Gasteiger partial charge in [0, 0.05) is 31.6 Å². The lowest BCUT2D eigenvalue weighted by Gasteiger charge is -2.36. The number of hydrogen-bond donors (Lipinski definition) is 0. The molecule has 2 aromatic heterocycles. The predicted octanol–water partition coefficient (Wildman–Crippen LogP) is 2.64. The van der Waals surface area contributed by atoms with Crippen molar-refractivity contribution >= 4 is 34.2 Å². The molecule has 0 spiro atoms. The number of fused-ring (bicyclic) bond motifs is 1. The van der Waals surface area contributed by atoms with Crippen LogP contribution in [0.2, 0.25) is 0 Å². The summed E-state index contributed by atoms with van der Waals surface area (Å²) < 4.78 is 1.92. The van der Waals surface area contributed by atoms with Crippen LogP contribution < -0.4 is 0 Å². The molecule has 2 amide bonds. The van der Waals surface area contributed by atoms with E-state index in [0.29, 0.717) is 26.2 Å². The second kappa shape index (κ2) is 6.92. The van der Waals surface area contributed by atoms with Gasteiger partial charge in [0.25, 0.3) is 5.91 Å². The molecule has 1 aromatic carbocycles. The Balaban J connectivity index is 1.42. The van der Waals surface area contributed by atoms with Gasteiger partial charge in [-0.25, -0.2) is 4.98 Å². The van der Waals surface area contributed by atoms with Crippen molar-refractivity contribution in [2.24, 2.45) is 0 Å². The van der Waals surface area contributed by atoms with Gasteiger partial charge in [-0.1, -0.05) is 12.1 Å². The minimum Gasteiger partial charge on any atom is -0.337 e. The summed E-state index contributed by atoms with van der Waals surface area (Å²) in [6.45, 7) is 4.16. The molecule has 1 aliphatic heterocycles. The number of benzene rings is 1. The van der Waals surface area contributed by atoms with E-state index in [4.69, 9.17) is 0 Å². The Hall–Kier alpha value is -2.67. The number of carbonyl (C=O) groups is 2. The van der Waals surface area contributed by atoms with Crippen molar-refractivity contribution in [2.45, 2.75) is 13.0 Å². The number of thiophene rings is 1. The third-order valence-corrected chi connectivity index (χ3v) is 5.59. The van der Waals surface area contributed by atoms with Crippen LogP contribution in [0, 0.1) is 0 Å². The number of aromatic nitrogens is 2. The molecular formula is C19H20N4O2S. The van der Waals surface area contributed by atoms with Gasteiger partial charge in [-0.05, 0) is 30.5 Å². The third kappa shape index (κ3) is 2.99. The number of imidazole rings is 1. The lowest BCUT2D eigenvalue weighted by molar-refractivity contribution is -0.135. The first-order chi connectivity index (χ1) is 12.6. The summed E-state index contributed by atoms with van der Waals surface area (Å²) in [5.74, 6) is 0.114. The highest BCUT2D eigenvalue weighted by molar-refractivity contribution is 7.08. The molecule has 0 aliphatic carbocycles. The average Bonchev–Trinajstić information content (AvgIpc) is 3.36. The maximum atomic E-state index is 12.9. The van der Waals surface area contributed by atoms with Gasteiger partial charge in [-0.15, -0.1) is 0 Å². The molecule has 1 saturated heterocycles. The summed E-state index contributed by atoms with van der Waals surface area (Å²) in [5, 5.41) is 3.77. The zero-order chi connectivity index (χ0) is 18.1. The van der Waals surface area contributed by atoms with Crippen LogP contribution in [0.15, 0.2) is 47.4 Å². The summed E-state index contributed by atoms with van der Waals surface area (Å²) in [6, 6.07) is 9.34. The number of carbonyl (C=O) groups excluding carboxylic acids is 2. The zero-order valence-electron chi connectivity index (χ0n) is 14.5. The maximum absolute atomic E-state index is 12.9. The first-order valence-electron chi connectivity index (χ1n) is 8.67. The van der Waals surface area contributed by atoms with Crippen molar-refractivity contribution < 1.29 is 9.59 Å². The number of rotatable bonds is 3. The Labute approximate surface area is 155 Å². The van der Waals surface area contributed by atoms with Gasteiger partial charge < -0.3 is 14.4 Å². The van der Waals surface area contributed by atoms with E-state index >= 15 is 0 Å². The Morgan fingerprint density at radius 1 is 1.08 bits per heavy atom. The summed E-state index contributed by atoms with van der Waals surface area (Å²) >= 11 is 1.52. The quantitative estimate of drug-likeness (QED) is 0.714. The molecule has 1 unspecified atom stereocenters. The average molecular weight is 368 g/mol. The van der Waals surface area contributed by atoms with Gasteiger partial charge in [0.15, 0.2) is 0 Å². The highest BCUT2D eigenvalue weighted by Crippen LogP contribution is 2.20. The van der Waals surface area contributed by atoms with Crippen LogP contribution in [-0.2, 0) is 4.79 Å². The lowest BCUT2D eigenvalue weighted by Crippen LogP contribution is -2.51. The molecule has 134 valence electrons. The Morgan fingerprint density at radius 2 is 1.81 bits per heavy atom. The maximum Gasteiger partial charge on any atom is 0.254 e. The standard InChI is InChI=1S/C19H20N4O2S/c1-14(23-13-20-16-4-2-3-5-17(16)23)18(24)21-7-9-22(10-8-21)19(25)15-6-11-26-12-15/h2-6,11-14H,7-10H2,1H3. The van der Waals surface area contributed by atoms with Crippen LogP contribution in [0.3, 0.4) is 0 Å². The van der Waals surface area contributed by atoms with Crippen molar-refractivity contribution in [2.75, 3.05) is 26.2 Å². The fourth-order valence-electron chi connectivity index (χ4n) is 3.37. The zero-order valence-corrected chi connectivity index (χ0v) is 15.4. The number of para-hydroxylation sites is 2. The van der Waals surface area contributed by atoms with E-state index in [1.807, 2.05) is 62.4 Å². The summed E-state index contributed by atoms with van der Waals surface area (Å²) in [5.41, 5.74) is 2.57. The topological polar surface area (TPSA) is 58.4 Å². The van der Waals surface area contributed by atoms with Crippen LogP contribution in [0.1, 0.15) is 23.3 Å². The van der Waals surface area contributed by atoms with Crippen LogP contribution in [0.5, 0.6) is 0 Å². The van der Waals surface area contributed by atoms with Gasteiger partial charge in [-0.2, -0.15) is 11.3 Å². The molecular weight excluding hydrogens is 348 g/mol. The Morgan fingerprint density at radius 3 is 2.54 bits per heavy atom. The van der Waals surface area contributed by atoms with E-state index in [9.17, 15) is 9.59 Å². The van der Waals surface area contributed by atoms with Gasteiger partial charge in [-0.3, -0.25) is 9.59 Å². The molecule has 3 heterocycles. The van der Waals surface area contributed by atoms with E-state index in [-0.39, 0.29) is 17.9 Å². The first kappa shape index (κ1) is 16.8. The molecule has 0 N–H and O–H groups in total. The van der Waals surface area contributed by atoms with Crippen molar-refractivity contribution in [3.63, 3.8) is 0 Å². The van der Waals surface area contributed by atoms with E-state index in [0.717, 1.165) is 16.6 Å². The highest BCUT2D eigenvalue weighted by atomic mass is 32.1. The first-order valence-corrected chi connectivity index (χ1v) is 9.61. The van der Waals surface area contributed by atoms with E-state index in [1.54, 1.807) is 6.33 Å². The minimum absolute atomic E-state index is 0.0481. The molecule has 3 aromatic rings. The van der Waals surface area contributed by atoms with Gasteiger partial charge in [0.05, 0.1) is 22.9 Å². The normalized spacial score (nSPS) is 16.0. The van der Waals surface area contributed by atoms with Crippen molar-refractivity contribution in [3.8, 4) is 0 Å². The molecule has 4 rings (SSSR count). The van der Waals surface area contributed by atoms with E-state index < -0.39 is 0 Å². The minimum atomic E-state index is -0.318. The molecule has 7 heteroatoms. The molecule has 1 fully saturated rings. The van der Waals surface area contributed by atoms with Crippen molar-refractivity contribution in [1.29, 1.82) is 0 Å². The number of nitrogens with zero attached hydrogens (tertiary/aromatic N) is 4. The van der Waals surface area contributed by atoms with E-state index in [2.05, 4.69) is 4.98 Å². The Kier molecular flexibility index (Phi) is 4.46. The number of hydrogen-bond acceptors (Lipinski definition) is 4. The summed E-state index contributed by atoms with van der Waals surface area (Å²) in [4.78, 5) is 33.4. The van der Waals surface area contributed by atoms with Crippen LogP contribution in [0.25, 0.3) is 11.0 Å². The molecule has 0 saturated carbocycles. The summed E-state index contributed by atoms with van der Waals surface area (Å²) in [7, 11) is 0. The third-order valence-electron chi connectivity index (χ3n) is 4.90. The molecule has 26 heavy (non-hydrogen) atoms. The Bertz CT molecular complexity index is 926. The fraction of sp³-hybridized carbons (Fsp3) is 0.316. The smallest absolute Gasteiger partial charge is 0.254 e. The molecule has 0 radical (unpaired) electrons. The SMILES string of the molecule is CC(C(=O)N1CCN(C(=O)c2ccsc2)CC1)n1cnc2ccccc21. The van der Waals surface area contributed by atoms with Crippen LogP contribution >= 0.6 is 11.3 Å². The molecule has 6 nitrogen and oxygen atoms in total. The lowest BCUT2D eigenvalue weighted by atomic mass is 10.2. The predicted molar refractivity (Wildman–Crippen MR) is 101 cm³/mol. The second-order valence-corrected chi connectivity index (χ2v) is 7.23.